The molecule has 2 heterocycles. The Bertz CT molecular complexity index is 853. The van der Waals surface area contributed by atoms with Crippen molar-refractivity contribution < 1.29 is 4.39 Å². The number of fused-ring (bicyclic) bond motifs is 1. The standard InChI is InChI=1S/C18H10FN3/c19-14-6-4-13(5-7-14)16-11-15(8-9-20)22-10-2-1-3-18(22)17(16)12-21/h1-8,10-11H/b15-8+. The molecule has 22 heavy (non-hydrogen) atoms. The predicted molar refractivity (Wildman–Crippen MR) is 80.8 cm³/mol. The van der Waals surface area contributed by atoms with Crippen LogP contribution in [0, 0.1) is 28.5 Å². The molecule has 0 bridgehead atoms. The number of nitrogens with zero attached hydrogens (tertiary/aromatic N) is 3. The summed E-state index contributed by atoms with van der Waals surface area (Å²) in [5.41, 5.74) is 3.26. The molecule has 0 saturated carbocycles. The van der Waals surface area contributed by atoms with Gasteiger partial charge in [-0.1, -0.05) is 18.2 Å². The largest absolute Gasteiger partial charge is 0.315 e. The van der Waals surface area contributed by atoms with Gasteiger partial charge in [0, 0.05) is 17.8 Å². The van der Waals surface area contributed by atoms with Crippen LogP contribution in [-0.2, 0) is 0 Å². The maximum atomic E-state index is 13.1. The smallest absolute Gasteiger partial charge is 0.123 e. The lowest BCUT2D eigenvalue weighted by molar-refractivity contribution is 0.600. The molecule has 0 aliphatic carbocycles. The summed E-state index contributed by atoms with van der Waals surface area (Å²) >= 11 is 0. The van der Waals surface area contributed by atoms with Gasteiger partial charge in [-0.15, -0.1) is 0 Å². The van der Waals surface area contributed by atoms with E-state index in [-0.39, 0.29) is 5.82 Å². The third-order valence-electron chi connectivity index (χ3n) is 3.44. The molecule has 1 aromatic carbocycles. The Hall–Kier alpha value is -3.37. The van der Waals surface area contributed by atoms with Gasteiger partial charge in [0.25, 0.3) is 0 Å². The van der Waals surface area contributed by atoms with Gasteiger partial charge in [0.15, 0.2) is 0 Å². The van der Waals surface area contributed by atoms with E-state index in [4.69, 9.17) is 5.26 Å². The van der Waals surface area contributed by atoms with E-state index in [1.165, 1.54) is 18.2 Å². The van der Waals surface area contributed by atoms with E-state index in [0.717, 1.165) is 5.56 Å². The SMILES string of the molecule is N#C/C=C1\C=C(c2ccc(F)cc2)C(C#N)=C2C=CC=CN21. The summed E-state index contributed by atoms with van der Waals surface area (Å²) in [6.07, 6.45) is 10.5. The van der Waals surface area contributed by atoms with E-state index in [1.807, 2.05) is 24.3 Å². The first-order valence-corrected chi connectivity index (χ1v) is 6.61. The normalized spacial score (nSPS) is 17.9. The second-order valence-electron chi connectivity index (χ2n) is 4.71. The molecule has 0 unspecified atom stereocenters. The molecule has 0 N–H and O–H groups in total. The first-order valence-electron chi connectivity index (χ1n) is 6.61. The van der Waals surface area contributed by atoms with E-state index in [0.29, 0.717) is 22.5 Å². The zero-order valence-electron chi connectivity index (χ0n) is 11.5. The molecule has 104 valence electrons. The van der Waals surface area contributed by atoms with Crippen molar-refractivity contribution >= 4 is 5.57 Å². The first-order chi connectivity index (χ1) is 10.7. The van der Waals surface area contributed by atoms with Crippen LogP contribution in [-0.4, -0.2) is 4.90 Å². The zero-order chi connectivity index (χ0) is 15.5. The van der Waals surface area contributed by atoms with Crippen molar-refractivity contribution in [3.8, 4) is 12.1 Å². The minimum atomic E-state index is -0.332. The molecule has 0 amide bonds. The van der Waals surface area contributed by atoms with Gasteiger partial charge in [-0.2, -0.15) is 10.5 Å². The average Bonchev–Trinajstić information content (AvgIpc) is 2.55. The van der Waals surface area contributed by atoms with Gasteiger partial charge in [-0.05, 0) is 35.9 Å². The summed E-state index contributed by atoms with van der Waals surface area (Å²) in [5, 5.41) is 18.5. The van der Waals surface area contributed by atoms with Crippen molar-refractivity contribution in [1.82, 2.24) is 4.90 Å². The number of nitriles is 2. The Morgan fingerprint density at radius 2 is 1.86 bits per heavy atom. The lowest BCUT2D eigenvalue weighted by Crippen LogP contribution is -2.21. The zero-order valence-corrected chi connectivity index (χ0v) is 11.5. The third kappa shape index (κ3) is 2.24. The predicted octanol–water partition coefficient (Wildman–Crippen LogP) is 3.79. The van der Waals surface area contributed by atoms with E-state index < -0.39 is 0 Å². The fourth-order valence-corrected chi connectivity index (χ4v) is 2.45. The quantitative estimate of drug-likeness (QED) is 0.738. The minimum Gasteiger partial charge on any atom is -0.315 e. The number of hydrogen-bond donors (Lipinski definition) is 0. The average molecular weight is 287 g/mol. The molecular weight excluding hydrogens is 277 g/mol. The van der Waals surface area contributed by atoms with Crippen LogP contribution < -0.4 is 0 Å². The lowest BCUT2D eigenvalue weighted by Gasteiger charge is -2.30. The summed E-state index contributed by atoms with van der Waals surface area (Å²) in [7, 11) is 0. The molecule has 3 nitrogen and oxygen atoms in total. The maximum Gasteiger partial charge on any atom is 0.123 e. The minimum absolute atomic E-state index is 0.332. The summed E-state index contributed by atoms with van der Waals surface area (Å²) in [6.45, 7) is 0. The van der Waals surface area contributed by atoms with Crippen LogP contribution in [0.4, 0.5) is 4.39 Å². The number of halogens is 1. The maximum absolute atomic E-state index is 13.1. The van der Waals surface area contributed by atoms with E-state index in [2.05, 4.69) is 6.07 Å². The topological polar surface area (TPSA) is 50.8 Å². The van der Waals surface area contributed by atoms with Crippen molar-refractivity contribution in [3.63, 3.8) is 0 Å². The van der Waals surface area contributed by atoms with Gasteiger partial charge in [-0.25, -0.2) is 4.39 Å². The van der Waals surface area contributed by atoms with E-state index in [9.17, 15) is 9.65 Å². The Kier molecular flexibility index (Phi) is 3.43. The van der Waals surface area contributed by atoms with Gasteiger partial charge in [0.05, 0.1) is 23.0 Å². The molecule has 0 radical (unpaired) electrons. The summed E-state index contributed by atoms with van der Waals surface area (Å²) in [5.74, 6) is -0.332. The molecule has 0 aromatic heterocycles. The van der Waals surface area contributed by atoms with Crippen molar-refractivity contribution in [2.75, 3.05) is 0 Å². The number of rotatable bonds is 1. The Balaban J connectivity index is 2.21. The molecule has 4 heteroatoms. The highest BCUT2D eigenvalue weighted by Gasteiger charge is 2.24. The van der Waals surface area contributed by atoms with E-state index in [1.54, 1.807) is 29.3 Å². The van der Waals surface area contributed by atoms with Gasteiger partial charge >= 0.3 is 0 Å². The summed E-state index contributed by atoms with van der Waals surface area (Å²) in [6, 6.07) is 10.2. The van der Waals surface area contributed by atoms with Crippen LogP contribution in [0.15, 0.2) is 77.8 Å². The van der Waals surface area contributed by atoms with Crippen LogP contribution in [0.3, 0.4) is 0 Å². The van der Waals surface area contributed by atoms with Crippen molar-refractivity contribution in [1.29, 1.82) is 10.5 Å². The second-order valence-corrected chi connectivity index (χ2v) is 4.71. The number of allylic oxidation sites excluding steroid dienone is 7. The van der Waals surface area contributed by atoms with Crippen LogP contribution >= 0.6 is 0 Å². The van der Waals surface area contributed by atoms with Crippen LogP contribution in [0.1, 0.15) is 5.56 Å². The third-order valence-corrected chi connectivity index (χ3v) is 3.44. The number of hydrogen-bond acceptors (Lipinski definition) is 3. The fraction of sp³-hybridized carbons (Fsp3) is 0. The van der Waals surface area contributed by atoms with Crippen molar-refractivity contribution in [2.24, 2.45) is 0 Å². The first kappa shape index (κ1) is 13.6. The number of benzene rings is 1. The Morgan fingerprint density at radius 1 is 1.09 bits per heavy atom. The molecule has 3 rings (SSSR count). The monoisotopic (exact) mass is 287 g/mol. The molecule has 0 saturated heterocycles. The van der Waals surface area contributed by atoms with Gasteiger partial charge in [0.2, 0.25) is 0 Å². The highest BCUT2D eigenvalue weighted by Crippen LogP contribution is 2.36. The summed E-state index contributed by atoms with van der Waals surface area (Å²) in [4.78, 5) is 1.79. The second kappa shape index (κ2) is 5.55. The lowest BCUT2D eigenvalue weighted by atomic mass is 9.91. The van der Waals surface area contributed by atoms with Gasteiger partial charge in [0.1, 0.15) is 11.9 Å². The molecule has 2 aliphatic heterocycles. The van der Waals surface area contributed by atoms with Crippen molar-refractivity contribution in [2.45, 2.75) is 0 Å². The van der Waals surface area contributed by atoms with Crippen LogP contribution in [0.5, 0.6) is 0 Å². The summed E-state index contributed by atoms with van der Waals surface area (Å²) < 4.78 is 13.1. The molecule has 0 fully saturated rings. The highest BCUT2D eigenvalue weighted by molar-refractivity contribution is 5.87. The van der Waals surface area contributed by atoms with Gasteiger partial charge in [-0.3, -0.25) is 0 Å². The molecule has 0 spiro atoms. The van der Waals surface area contributed by atoms with Gasteiger partial charge < -0.3 is 4.90 Å². The van der Waals surface area contributed by atoms with E-state index >= 15 is 0 Å². The Morgan fingerprint density at radius 3 is 2.55 bits per heavy atom. The molecule has 2 aliphatic rings. The molecule has 1 aromatic rings. The fourth-order valence-electron chi connectivity index (χ4n) is 2.45. The molecular formula is C18H10FN3. The highest BCUT2D eigenvalue weighted by atomic mass is 19.1. The van der Waals surface area contributed by atoms with Crippen LogP contribution in [0.25, 0.3) is 5.57 Å². The van der Waals surface area contributed by atoms with Crippen LogP contribution in [0.2, 0.25) is 0 Å². The van der Waals surface area contributed by atoms with Crippen molar-refractivity contribution in [3.05, 3.63) is 89.2 Å². The Labute approximate surface area is 127 Å². The molecule has 0 atom stereocenters.